The lowest BCUT2D eigenvalue weighted by Gasteiger charge is -2.19. The van der Waals surface area contributed by atoms with Gasteiger partial charge < -0.3 is 19.8 Å². The van der Waals surface area contributed by atoms with E-state index in [-0.39, 0.29) is 12.0 Å². The van der Waals surface area contributed by atoms with Gasteiger partial charge in [0.05, 0.1) is 18.8 Å². The van der Waals surface area contributed by atoms with Gasteiger partial charge in [-0.1, -0.05) is 48.1 Å². The van der Waals surface area contributed by atoms with Gasteiger partial charge in [-0.15, -0.1) is 0 Å². The average molecular weight is 400 g/mol. The minimum absolute atomic E-state index is 0.120. The summed E-state index contributed by atoms with van der Waals surface area (Å²) in [4.78, 5) is 2.17. The monoisotopic (exact) mass is 399 g/mol. The van der Waals surface area contributed by atoms with Gasteiger partial charge in [0.15, 0.2) is 0 Å². The minimum atomic E-state index is -0.517. The molecule has 0 saturated heterocycles. The molecule has 1 fully saturated rings. The van der Waals surface area contributed by atoms with E-state index in [1.54, 1.807) is 0 Å². The van der Waals surface area contributed by atoms with Crippen LogP contribution in [0.1, 0.15) is 30.4 Å². The van der Waals surface area contributed by atoms with Crippen molar-refractivity contribution >= 4 is 0 Å². The minimum Gasteiger partial charge on any atom is -0.392 e. The fraction of sp³-hybridized carbons (Fsp3) is 0.600. The van der Waals surface area contributed by atoms with E-state index in [4.69, 9.17) is 4.74 Å². The number of fused-ring (bicyclic) bond motifs is 1. The molecule has 160 valence electrons. The molecule has 5 atom stereocenters. The Morgan fingerprint density at radius 1 is 1.31 bits per heavy atom. The summed E-state index contributed by atoms with van der Waals surface area (Å²) in [7, 11) is 4.16. The Morgan fingerprint density at radius 3 is 2.90 bits per heavy atom. The van der Waals surface area contributed by atoms with Crippen LogP contribution in [0, 0.1) is 24.7 Å². The fourth-order valence-electron chi connectivity index (χ4n) is 4.80. The van der Waals surface area contributed by atoms with Gasteiger partial charge in [-0.05, 0) is 69.8 Å². The van der Waals surface area contributed by atoms with Crippen LogP contribution in [-0.4, -0.2) is 61.2 Å². The zero-order valence-corrected chi connectivity index (χ0v) is 18.1. The van der Waals surface area contributed by atoms with Crippen molar-refractivity contribution in [2.45, 2.75) is 44.8 Å². The average Bonchev–Trinajstić information content (AvgIpc) is 3.16. The molecule has 2 aliphatic rings. The van der Waals surface area contributed by atoms with Crippen molar-refractivity contribution in [2.24, 2.45) is 17.8 Å². The highest BCUT2D eigenvalue weighted by Crippen LogP contribution is 2.47. The second kappa shape index (κ2) is 10.5. The van der Waals surface area contributed by atoms with Crippen molar-refractivity contribution in [1.29, 1.82) is 0 Å². The Kier molecular flexibility index (Phi) is 8.07. The standard InChI is InChI=1S/C25H37NO3/c1-18-6-4-7-19(12-18)14-22(27)8-9-23-24-15-20(13-21(24)16-25(23)28)17-29-11-5-10-26(2)3/h4,6-9,12-13,21-25,27-28H,5,10-11,14-17H2,1-3H3/b9-8+/t21-,22+,23+,24-,25+/m0/s1. The summed E-state index contributed by atoms with van der Waals surface area (Å²) in [6.45, 7) is 4.62. The third-order valence-electron chi connectivity index (χ3n) is 6.21. The quantitative estimate of drug-likeness (QED) is 0.468. The molecule has 29 heavy (non-hydrogen) atoms. The Bertz CT molecular complexity index is 712. The maximum Gasteiger partial charge on any atom is 0.0761 e. The first-order valence-corrected chi connectivity index (χ1v) is 10.9. The molecule has 4 heteroatoms. The van der Waals surface area contributed by atoms with E-state index in [2.05, 4.69) is 56.3 Å². The van der Waals surface area contributed by atoms with E-state index < -0.39 is 6.10 Å². The number of allylic oxidation sites excluding steroid dienone is 1. The van der Waals surface area contributed by atoms with Gasteiger partial charge in [-0.3, -0.25) is 0 Å². The lowest BCUT2D eigenvalue weighted by atomic mass is 9.89. The molecule has 1 saturated carbocycles. The summed E-state index contributed by atoms with van der Waals surface area (Å²) >= 11 is 0. The number of ether oxygens (including phenoxy) is 1. The molecule has 0 unspecified atom stereocenters. The molecule has 0 heterocycles. The molecule has 2 aliphatic carbocycles. The van der Waals surface area contributed by atoms with Crippen molar-refractivity contribution in [3.05, 3.63) is 59.2 Å². The lowest BCUT2D eigenvalue weighted by Crippen LogP contribution is -2.19. The molecular weight excluding hydrogens is 362 g/mol. The second-order valence-electron chi connectivity index (χ2n) is 9.09. The SMILES string of the molecule is Cc1cccc(C[C@H](O)/C=C/[C@@H]2[C@H]3CC(COCCCN(C)C)=C[C@H]3C[C@H]2O)c1. The van der Waals surface area contributed by atoms with Crippen LogP contribution in [0.4, 0.5) is 0 Å². The molecule has 0 aliphatic heterocycles. The number of hydrogen-bond donors (Lipinski definition) is 2. The number of rotatable bonds is 10. The van der Waals surface area contributed by atoms with Crippen molar-refractivity contribution in [1.82, 2.24) is 4.90 Å². The highest BCUT2D eigenvalue weighted by Gasteiger charge is 2.43. The van der Waals surface area contributed by atoms with Crippen LogP contribution < -0.4 is 0 Å². The highest BCUT2D eigenvalue weighted by atomic mass is 16.5. The summed E-state index contributed by atoms with van der Waals surface area (Å²) in [6, 6.07) is 8.26. The van der Waals surface area contributed by atoms with Gasteiger partial charge in [0, 0.05) is 18.9 Å². The van der Waals surface area contributed by atoms with Crippen molar-refractivity contribution in [2.75, 3.05) is 33.9 Å². The van der Waals surface area contributed by atoms with E-state index in [9.17, 15) is 10.2 Å². The first-order chi connectivity index (χ1) is 13.9. The van der Waals surface area contributed by atoms with Crippen molar-refractivity contribution in [3.8, 4) is 0 Å². The second-order valence-corrected chi connectivity index (χ2v) is 9.09. The Hall–Kier alpha value is -1.46. The maximum atomic E-state index is 10.5. The number of hydrogen-bond acceptors (Lipinski definition) is 4. The molecule has 1 aromatic rings. The summed E-state index contributed by atoms with van der Waals surface area (Å²) in [5.74, 6) is 0.997. The van der Waals surface area contributed by atoms with Crippen LogP contribution in [-0.2, 0) is 11.2 Å². The number of aliphatic hydroxyl groups excluding tert-OH is 2. The van der Waals surface area contributed by atoms with Gasteiger partial charge in [0.2, 0.25) is 0 Å². The summed E-state index contributed by atoms with van der Waals surface area (Å²) < 4.78 is 5.85. The largest absolute Gasteiger partial charge is 0.392 e. The van der Waals surface area contributed by atoms with Gasteiger partial charge in [0.25, 0.3) is 0 Å². The maximum absolute atomic E-state index is 10.5. The molecule has 0 bridgehead atoms. The highest BCUT2D eigenvalue weighted by molar-refractivity contribution is 5.24. The Morgan fingerprint density at radius 2 is 2.14 bits per heavy atom. The van der Waals surface area contributed by atoms with E-state index in [0.717, 1.165) is 38.0 Å². The van der Waals surface area contributed by atoms with E-state index >= 15 is 0 Å². The third-order valence-corrected chi connectivity index (χ3v) is 6.21. The van der Waals surface area contributed by atoms with Crippen LogP contribution in [0.3, 0.4) is 0 Å². The number of nitrogens with zero attached hydrogens (tertiary/aromatic N) is 1. The van der Waals surface area contributed by atoms with Gasteiger partial charge in [-0.2, -0.15) is 0 Å². The molecule has 3 rings (SSSR count). The summed E-state index contributed by atoms with van der Waals surface area (Å²) in [5.41, 5.74) is 3.72. The topological polar surface area (TPSA) is 52.9 Å². The lowest BCUT2D eigenvalue weighted by molar-refractivity contribution is 0.132. The smallest absolute Gasteiger partial charge is 0.0761 e. The van der Waals surface area contributed by atoms with Crippen LogP contribution in [0.15, 0.2) is 48.1 Å². The third kappa shape index (κ3) is 6.51. The first-order valence-electron chi connectivity index (χ1n) is 10.9. The van der Waals surface area contributed by atoms with Crippen LogP contribution in [0.2, 0.25) is 0 Å². The molecule has 1 aromatic carbocycles. The number of aryl methyl sites for hydroxylation is 1. The van der Waals surface area contributed by atoms with Gasteiger partial charge in [0.1, 0.15) is 0 Å². The zero-order valence-electron chi connectivity index (χ0n) is 18.1. The zero-order chi connectivity index (χ0) is 20.8. The van der Waals surface area contributed by atoms with Crippen LogP contribution in [0.5, 0.6) is 0 Å². The van der Waals surface area contributed by atoms with Crippen LogP contribution >= 0.6 is 0 Å². The fourth-order valence-corrected chi connectivity index (χ4v) is 4.80. The molecular formula is C25H37NO3. The molecule has 0 radical (unpaired) electrons. The Balaban J connectivity index is 1.47. The van der Waals surface area contributed by atoms with E-state index in [1.165, 1.54) is 11.1 Å². The van der Waals surface area contributed by atoms with Crippen molar-refractivity contribution in [3.63, 3.8) is 0 Å². The van der Waals surface area contributed by atoms with Crippen LogP contribution in [0.25, 0.3) is 0 Å². The normalized spacial score (nSPS) is 27.6. The van der Waals surface area contributed by atoms with E-state index in [1.807, 2.05) is 12.1 Å². The first kappa shape index (κ1) is 22.2. The molecule has 0 amide bonds. The van der Waals surface area contributed by atoms with Gasteiger partial charge >= 0.3 is 0 Å². The number of benzene rings is 1. The van der Waals surface area contributed by atoms with E-state index in [0.29, 0.717) is 24.9 Å². The molecule has 4 nitrogen and oxygen atoms in total. The summed E-state index contributed by atoms with van der Waals surface area (Å²) in [6.07, 6.45) is 8.92. The predicted molar refractivity (Wildman–Crippen MR) is 118 cm³/mol. The predicted octanol–water partition coefficient (Wildman–Crippen LogP) is 3.37. The summed E-state index contributed by atoms with van der Waals surface area (Å²) in [5, 5.41) is 21.0. The molecule has 0 spiro atoms. The Labute approximate surface area is 175 Å². The van der Waals surface area contributed by atoms with Crippen molar-refractivity contribution < 1.29 is 14.9 Å². The number of aliphatic hydroxyl groups is 2. The van der Waals surface area contributed by atoms with Gasteiger partial charge in [-0.25, -0.2) is 0 Å². The molecule has 0 aromatic heterocycles. The molecule has 2 N–H and O–H groups in total.